The van der Waals surface area contributed by atoms with E-state index in [1.165, 1.54) is 0 Å². The molecule has 0 saturated heterocycles. The molecule has 0 bridgehead atoms. The number of aryl methyl sites for hydroxylation is 1. The molecule has 7 heteroatoms. The van der Waals surface area contributed by atoms with E-state index in [2.05, 4.69) is 16.0 Å². The number of carbonyl (C=O) groups excluding carboxylic acids is 2. The predicted octanol–water partition coefficient (Wildman–Crippen LogP) is 4.22. The molecular formula is C21H20ClN3O3. The van der Waals surface area contributed by atoms with Gasteiger partial charge in [-0.25, -0.2) is 0 Å². The van der Waals surface area contributed by atoms with Gasteiger partial charge in [-0.1, -0.05) is 17.7 Å². The molecule has 0 aliphatic carbocycles. The van der Waals surface area contributed by atoms with Gasteiger partial charge in [-0.15, -0.1) is 0 Å². The lowest BCUT2D eigenvalue weighted by Gasteiger charge is -2.09. The summed E-state index contributed by atoms with van der Waals surface area (Å²) in [6.07, 6.45) is 1.56. The number of furan rings is 1. The van der Waals surface area contributed by atoms with Crippen molar-refractivity contribution in [2.75, 3.05) is 17.2 Å². The predicted molar refractivity (Wildman–Crippen MR) is 110 cm³/mol. The van der Waals surface area contributed by atoms with Gasteiger partial charge in [0.05, 0.1) is 19.4 Å². The van der Waals surface area contributed by atoms with E-state index in [0.717, 1.165) is 11.3 Å². The van der Waals surface area contributed by atoms with Crippen LogP contribution in [0.1, 0.15) is 21.7 Å². The van der Waals surface area contributed by atoms with Crippen LogP contribution in [0.2, 0.25) is 5.02 Å². The summed E-state index contributed by atoms with van der Waals surface area (Å²) < 4.78 is 5.17. The van der Waals surface area contributed by atoms with Crippen molar-refractivity contribution in [3.05, 3.63) is 82.8 Å². The van der Waals surface area contributed by atoms with Crippen LogP contribution in [0.15, 0.2) is 65.3 Å². The van der Waals surface area contributed by atoms with Crippen LogP contribution in [0, 0.1) is 6.92 Å². The number of hydrogen-bond donors (Lipinski definition) is 3. The maximum Gasteiger partial charge on any atom is 0.251 e. The van der Waals surface area contributed by atoms with Crippen LogP contribution in [0.3, 0.4) is 0 Å². The van der Waals surface area contributed by atoms with E-state index < -0.39 is 0 Å². The Kier molecular flexibility index (Phi) is 6.34. The molecule has 1 heterocycles. The Morgan fingerprint density at radius 1 is 1.04 bits per heavy atom. The molecule has 3 rings (SSSR count). The number of hydrogen-bond acceptors (Lipinski definition) is 4. The molecule has 0 radical (unpaired) electrons. The number of amides is 2. The molecule has 0 saturated carbocycles. The van der Waals surface area contributed by atoms with Crippen molar-refractivity contribution in [2.24, 2.45) is 0 Å². The topological polar surface area (TPSA) is 83.4 Å². The summed E-state index contributed by atoms with van der Waals surface area (Å²) in [5.74, 6) is 0.263. The first kappa shape index (κ1) is 19.5. The molecule has 2 aromatic carbocycles. The maximum atomic E-state index is 12.1. The average molecular weight is 398 g/mol. The highest BCUT2D eigenvalue weighted by Crippen LogP contribution is 2.19. The second-order valence-corrected chi connectivity index (χ2v) is 6.61. The number of nitrogens with one attached hydrogen (secondary N) is 3. The van der Waals surface area contributed by atoms with Crippen molar-refractivity contribution < 1.29 is 14.0 Å². The molecule has 2 amide bonds. The third-order valence-electron chi connectivity index (χ3n) is 4.06. The zero-order valence-electron chi connectivity index (χ0n) is 15.3. The van der Waals surface area contributed by atoms with Crippen LogP contribution in [0.25, 0.3) is 0 Å². The fraction of sp³-hybridized carbons (Fsp3) is 0.143. The molecule has 0 aliphatic heterocycles. The SMILES string of the molecule is Cc1ccc(NCC(=O)Nc2ccc(C(=O)NCc3ccco3)cc2)cc1Cl. The molecule has 3 N–H and O–H groups in total. The first-order valence-electron chi connectivity index (χ1n) is 8.72. The zero-order valence-corrected chi connectivity index (χ0v) is 16.0. The van der Waals surface area contributed by atoms with Gasteiger partial charge in [-0.3, -0.25) is 9.59 Å². The number of rotatable bonds is 7. The van der Waals surface area contributed by atoms with Gasteiger partial charge in [-0.05, 0) is 61.0 Å². The van der Waals surface area contributed by atoms with Crippen LogP contribution in [-0.2, 0) is 11.3 Å². The zero-order chi connectivity index (χ0) is 19.9. The third-order valence-corrected chi connectivity index (χ3v) is 4.47. The molecule has 0 unspecified atom stereocenters. The molecule has 1 aromatic heterocycles. The van der Waals surface area contributed by atoms with E-state index in [1.807, 2.05) is 19.1 Å². The molecule has 0 spiro atoms. The molecule has 28 heavy (non-hydrogen) atoms. The largest absolute Gasteiger partial charge is 0.467 e. The molecule has 0 atom stereocenters. The highest BCUT2D eigenvalue weighted by molar-refractivity contribution is 6.31. The minimum atomic E-state index is -0.216. The Balaban J connectivity index is 1.48. The van der Waals surface area contributed by atoms with Crippen LogP contribution in [0.4, 0.5) is 11.4 Å². The standard InChI is InChI=1S/C21H20ClN3O3/c1-14-4-7-17(11-19(14)22)23-13-20(26)25-16-8-5-15(6-9-16)21(27)24-12-18-3-2-10-28-18/h2-11,23H,12-13H2,1H3,(H,24,27)(H,25,26). The van der Waals surface area contributed by atoms with Gasteiger partial charge in [0, 0.05) is 22.0 Å². The summed E-state index contributed by atoms with van der Waals surface area (Å²) in [4.78, 5) is 24.2. The summed E-state index contributed by atoms with van der Waals surface area (Å²) >= 11 is 6.07. The first-order valence-corrected chi connectivity index (χ1v) is 9.09. The summed E-state index contributed by atoms with van der Waals surface area (Å²) in [6.45, 7) is 2.34. The molecule has 3 aromatic rings. The third kappa shape index (κ3) is 5.37. The number of halogens is 1. The van der Waals surface area contributed by atoms with Gasteiger partial charge >= 0.3 is 0 Å². The van der Waals surface area contributed by atoms with E-state index in [9.17, 15) is 9.59 Å². The summed E-state index contributed by atoms with van der Waals surface area (Å²) in [5, 5.41) is 9.21. The van der Waals surface area contributed by atoms with Gasteiger partial charge in [0.25, 0.3) is 5.91 Å². The van der Waals surface area contributed by atoms with Crippen LogP contribution in [-0.4, -0.2) is 18.4 Å². The Labute approximate surface area is 167 Å². The normalized spacial score (nSPS) is 10.4. The molecular weight excluding hydrogens is 378 g/mol. The second kappa shape index (κ2) is 9.10. The fourth-order valence-electron chi connectivity index (χ4n) is 2.48. The van der Waals surface area contributed by atoms with Gasteiger partial charge in [0.2, 0.25) is 5.91 Å². The molecule has 6 nitrogen and oxygen atoms in total. The van der Waals surface area contributed by atoms with E-state index in [4.69, 9.17) is 16.0 Å². The highest BCUT2D eigenvalue weighted by atomic mass is 35.5. The van der Waals surface area contributed by atoms with Crippen molar-refractivity contribution in [3.63, 3.8) is 0 Å². The van der Waals surface area contributed by atoms with Crippen molar-refractivity contribution in [3.8, 4) is 0 Å². The van der Waals surface area contributed by atoms with Crippen molar-refractivity contribution in [1.82, 2.24) is 5.32 Å². The smallest absolute Gasteiger partial charge is 0.251 e. The number of anilines is 2. The van der Waals surface area contributed by atoms with Gasteiger partial charge < -0.3 is 20.4 Å². The van der Waals surface area contributed by atoms with Crippen molar-refractivity contribution in [2.45, 2.75) is 13.5 Å². The lowest BCUT2D eigenvalue weighted by molar-refractivity contribution is -0.114. The summed E-state index contributed by atoms with van der Waals surface area (Å²) in [5.41, 5.74) is 2.85. The lowest BCUT2D eigenvalue weighted by atomic mass is 10.2. The summed E-state index contributed by atoms with van der Waals surface area (Å²) in [6, 6.07) is 15.8. The van der Waals surface area contributed by atoms with E-state index in [0.29, 0.717) is 28.6 Å². The minimum Gasteiger partial charge on any atom is -0.467 e. The van der Waals surface area contributed by atoms with Crippen LogP contribution in [0.5, 0.6) is 0 Å². The fourth-order valence-corrected chi connectivity index (χ4v) is 2.66. The molecule has 0 aliphatic rings. The number of benzene rings is 2. The Morgan fingerprint density at radius 3 is 2.46 bits per heavy atom. The van der Waals surface area contributed by atoms with Gasteiger partial charge in [0.1, 0.15) is 5.76 Å². The minimum absolute atomic E-state index is 0.102. The Morgan fingerprint density at radius 2 is 1.79 bits per heavy atom. The Bertz CT molecular complexity index is 954. The lowest BCUT2D eigenvalue weighted by Crippen LogP contribution is -2.23. The average Bonchev–Trinajstić information content (AvgIpc) is 3.21. The van der Waals surface area contributed by atoms with Crippen molar-refractivity contribution >= 4 is 34.8 Å². The second-order valence-electron chi connectivity index (χ2n) is 6.21. The van der Waals surface area contributed by atoms with Crippen LogP contribution < -0.4 is 16.0 Å². The molecule has 144 valence electrons. The number of carbonyl (C=O) groups is 2. The quantitative estimate of drug-likeness (QED) is 0.557. The monoisotopic (exact) mass is 397 g/mol. The van der Waals surface area contributed by atoms with Gasteiger partial charge in [0.15, 0.2) is 0 Å². The van der Waals surface area contributed by atoms with Gasteiger partial charge in [-0.2, -0.15) is 0 Å². The van der Waals surface area contributed by atoms with E-state index in [-0.39, 0.29) is 18.4 Å². The first-order chi connectivity index (χ1) is 13.5. The van der Waals surface area contributed by atoms with Crippen LogP contribution >= 0.6 is 11.6 Å². The highest BCUT2D eigenvalue weighted by Gasteiger charge is 2.08. The maximum absolute atomic E-state index is 12.1. The summed E-state index contributed by atoms with van der Waals surface area (Å²) in [7, 11) is 0. The Hall–Kier alpha value is -3.25. The van der Waals surface area contributed by atoms with E-state index >= 15 is 0 Å². The molecule has 0 fully saturated rings. The van der Waals surface area contributed by atoms with E-state index in [1.54, 1.807) is 48.7 Å². The van der Waals surface area contributed by atoms with Crippen molar-refractivity contribution in [1.29, 1.82) is 0 Å².